The van der Waals surface area contributed by atoms with Gasteiger partial charge in [0, 0.05) is 20.1 Å². The van der Waals surface area contributed by atoms with Crippen molar-refractivity contribution in [1.82, 2.24) is 9.80 Å². The Hall–Kier alpha value is -1.29. The van der Waals surface area contributed by atoms with E-state index in [1.54, 1.807) is 11.2 Å². The number of amides is 1. The maximum Gasteiger partial charge on any atom is 0.236 e. The van der Waals surface area contributed by atoms with E-state index in [4.69, 9.17) is 4.42 Å². The summed E-state index contributed by atoms with van der Waals surface area (Å²) in [5.41, 5.74) is 0. The Morgan fingerprint density at radius 3 is 2.68 bits per heavy atom. The molecule has 0 N–H and O–H groups in total. The lowest BCUT2D eigenvalue weighted by Crippen LogP contribution is -2.44. The standard InChI is InChI=1S/C15H24N2O2/c1-12-7-13(2)9-17(8-12)11-15(18)16(3)10-14-5-4-6-19-14/h4-6,12-13H,7-11H2,1-3H3. The highest BCUT2D eigenvalue weighted by molar-refractivity contribution is 5.77. The van der Waals surface area contributed by atoms with E-state index in [-0.39, 0.29) is 5.91 Å². The first kappa shape index (κ1) is 14.1. The van der Waals surface area contributed by atoms with Crippen LogP contribution in [-0.4, -0.2) is 42.4 Å². The molecule has 19 heavy (non-hydrogen) atoms. The molecule has 1 amide bonds. The van der Waals surface area contributed by atoms with Crippen LogP contribution < -0.4 is 0 Å². The molecule has 1 aliphatic heterocycles. The molecule has 0 aromatic carbocycles. The summed E-state index contributed by atoms with van der Waals surface area (Å²) in [5, 5.41) is 0. The molecule has 2 heterocycles. The van der Waals surface area contributed by atoms with Gasteiger partial charge in [0.2, 0.25) is 5.91 Å². The van der Waals surface area contributed by atoms with Crippen LogP contribution in [0.15, 0.2) is 22.8 Å². The number of piperidine rings is 1. The van der Waals surface area contributed by atoms with Gasteiger partial charge < -0.3 is 9.32 Å². The smallest absolute Gasteiger partial charge is 0.236 e. The Labute approximate surface area is 115 Å². The molecular formula is C15H24N2O2. The molecule has 4 heteroatoms. The van der Waals surface area contributed by atoms with Gasteiger partial charge in [0.05, 0.1) is 19.4 Å². The normalized spacial score (nSPS) is 24.4. The second-order valence-electron chi connectivity index (χ2n) is 5.97. The second-order valence-corrected chi connectivity index (χ2v) is 5.97. The Kier molecular flexibility index (Phi) is 4.64. The van der Waals surface area contributed by atoms with E-state index in [2.05, 4.69) is 18.7 Å². The summed E-state index contributed by atoms with van der Waals surface area (Å²) in [6.07, 6.45) is 2.91. The Morgan fingerprint density at radius 1 is 1.42 bits per heavy atom. The molecule has 0 spiro atoms. The van der Waals surface area contributed by atoms with Crippen molar-refractivity contribution in [2.75, 3.05) is 26.7 Å². The zero-order chi connectivity index (χ0) is 13.8. The minimum absolute atomic E-state index is 0.165. The third kappa shape index (κ3) is 4.10. The van der Waals surface area contributed by atoms with E-state index >= 15 is 0 Å². The molecule has 4 nitrogen and oxygen atoms in total. The number of likely N-dealkylation sites (N-methyl/N-ethyl adjacent to an activating group) is 1. The summed E-state index contributed by atoms with van der Waals surface area (Å²) in [6.45, 7) is 7.66. The second kappa shape index (κ2) is 6.24. The van der Waals surface area contributed by atoms with Gasteiger partial charge >= 0.3 is 0 Å². The quantitative estimate of drug-likeness (QED) is 0.836. The van der Waals surface area contributed by atoms with Gasteiger partial charge in [0.1, 0.15) is 5.76 Å². The SMILES string of the molecule is CC1CC(C)CN(CC(=O)N(C)Cc2ccco2)C1. The molecule has 0 aliphatic carbocycles. The van der Waals surface area contributed by atoms with Gasteiger partial charge in [-0.25, -0.2) is 0 Å². The van der Waals surface area contributed by atoms with Gasteiger partial charge in [-0.2, -0.15) is 0 Å². The molecule has 0 radical (unpaired) electrons. The number of carbonyl (C=O) groups is 1. The van der Waals surface area contributed by atoms with Crippen LogP contribution in [0.5, 0.6) is 0 Å². The van der Waals surface area contributed by atoms with E-state index in [0.29, 0.717) is 24.9 Å². The number of rotatable bonds is 4. The summed E-state index contributed by atoms with van der Waals surface area (Å²) < 4.78 is 5.27. The van der Waals surface area contributed by atoms with Crippen LogP contribution >= 0.6 is 0 Å². The largest absolute Gasteiger partial charge is 0.467 e. The van der Waals surface area contributed by atoms with Gasteiger partial charge in [-0.3, -0.25) is 9.69 Å². The van der Waals surface area contributed by atoms with E-state index in [1.165, 1.54) is 6.42 Å². The van der Waals surface area contributed by atoms with Crippen LogP contribution in [0, 0.1) is 11.8 Å². The van der Waals surface area contributed by atoms with Crippen molar-refractivity contribution in [1.29, 1.82) is 0 Å². The van der Waals surface area contributed by atoms with Crippen molar-refractivity contribution in [2.24, 2.45) is 11.8 Å². The molecule has 0 bridgehead atoms. The number of hydrogen-bond acceptors (Lipinski definition) is 3. The van der Waals surface area contributed by atoms with Gasteiger partial charge in [0.25, 0.3) is 0 Å². The van der Waals surface area contributed by atoms with Gasteiger partial charge in [-0.15, -0.1) is 0 Å². The third-order valence-corrected chi connectivity index (χ3v) is 3.70. The van der Waals surface area contributed by atoms with Crippen molar-refractivity contribution in [3.8, 4) is 0 Å². The maximum absolute atomic E-state index is 12.2. The van der Waals surface area contributed by atoms with Crippen molar-refractivity contribution in [2.45, 2.75) is 26.8 Å². The fourth-order valence-corrected chi connectivity index (χ4v) is 2.96. The first-order valence-corrected chi connectivity index (χ1v) is 7.03. The molecule has 1 aromatic rings. The molecule has 1 aromatic heterocycles. The van der Waals surface area contributed by atoms with Crippen LogP contribution in [0.3, 0.4) is 0 Å². The van der Waals surface area contributed by atoms with Crippen LogP contribution in [0.25, 0.3) is 0 Å². The number of carbonyl (C=O) groups excluding carboxylic acids is 1. The zero-order valence-electron chi connectivity index (χ0n) is 12.1. The van der Waals surface area contributed by atoms with Crippen LogP contribution in [-0.2, 0) is 11.3 Å². The molecule has 106 valence electrons. The van der Waals surface area contributed by atoms with Crippen molar-refractivity contribution >= 4 is 5.91 Å². The fourth-order valence-electron chi connectivity index (χ4n) is 2.96. The lowest BCUT2D eigenvalue weighted by Gasteiger charge is -2.35. The van der Waals surface area contributed by atoms with E-state index in [0.717, 1.165) is 18.8 Å². The van der Waals surface area contributed by atoms with Gasteiger partial charge in [-0.05, 0) is 30.4 Å². The molecular weight excluding hydrogens is 240 g/mol. The van der Waals surface area contributed by atoms with Crippen molar-refractivity contribution in [3.05, 3.63) is 24.2 Å². The number of likely N-dealkylation sites (tertiary alicyclic amines) is 1. The molecule has 2 unspecified atom stereocenters. The Balaban J connectivity index is 1.82. The van der Waals surface area contributed by atoms with Crippen molar-refractivity contribution in [3.63, 3.8) is 0 Å². The van der Waals surface area contributed by atoms with E-state index in [9.17, 15) is 4.79 Å². The predicted octanol–water partition coefficient (Wildman–Crippen LogP) is 2.22. The van der Waals surface area contributed by atoms with Crippen molar-refractivity contribution < 1.29 is 9.21 Å². The minimum atomic E-state index is 0.165. The number of nitrogens with zero attached hydrogens (tertiary/aromatic N) is 2. The first-order chi connectivity index (χ1) is 9.04. The molecule has 1 saturated heterocycles. The topological polar surface area (TPSA) is 36.7 Å². The summed E-state index contributed by atoms with van der Waals surface area (Å²) in [4.78, 5) is 16.2. The monoisotopic (exact) mass is 264 g/mol. The number of furan rings is 1. The van der Waals surface area contributed by atoms with Crippen LogP contribution in [0.4, 0.5) is 0 Å². The highest BCUT2D eigenvalue weighted by atomic mass is 16.3. The maximum atomic E-state index is 12.2. The summed E-state index contributed by atoms with van der Waals surface area (Å²) in [7, 11) is 1.83. The summed E-state index contributed by atoms with van der Waals surface area (Å²) >= 11 is 0. The molecule has 2 atom stereocenters. The fraction of sp³-hybridized carbons (Fsp3) is 0.667. The first-order valence-electron chi connectivity index (χ1n) is 7.03. The summed E-state index contributed by atoms with van der Waals surface area (Å²) in [6, 6.07) is 3.75. The molecule has 1 fully saturated rings. The average Bonchev–Trinajstić information content (AvgIpc) is 2.80. The molecule has 2 rings (SSSR count). The Bertz CT molecular complexity index is 392. The van der Waals surface area contributed by atoms with Gasteiger partial charge in [0.15, 0.2) is 0 Å². The van der Waals surface area contributed by atoms with Crippen LogP contribution in [0.1, 0.15) is 26.0 Å². The lowest BCUT2D eigenvalue weighted by atomic mass is 9.92. The van der Waals surface area contributed by atoms with Gasteiger partial charge in [-0.1, -0.05) is 13.8 Å². The number of hydrogen-bond donors (Lipinski definition) is 0. The Morgan fingerprint density at radius 2 is 2.11 bits per heavy atom. The average molecular weight is 264 g/mol. The third-order valence-electron chi connectivity index (χ3n) is 3.70. The molecule has 0 saturated carbocycles. The molecule has 1 aliphatic rings. The predicted molar refractivity (Wildman–Crippen MR) is 74.6 cm³/mol. The summed E-state index contributed by atoms with van der Waals surface area (Å²) in [5.74, 6) is 2.37. The minimum Gasteiger partial charge on any atom is -0.467 e. The van der Waals surface area contributed by atoms with E-state index < -0.39 is 0 Å². The van der Waals surface area contributed by atoms with Crippen LogP contribution in [0.2, 0.25) is 0 Å². The lowest BCUT2D eigenvalue weighted by molar-refractivity contribution is -0.132. The zero-order valence-corrected chi connectivity index (χ0v) is 12.1. The highest BCUT2D eigenvalue weighted by Gasteiger charge is 2.24. The highest BCUT2D eigenvalue weighted by Crippen LogP contribution is 2.20. The van der Waals surface area contributed by atoms with E-state index in [1.807, 2.05) is 19.2 Å².